The van der Waals surface area contributed by atoms with Crippen molar-refractivity contribution >= 4 is 15.7 Å². The molecule has 1 heterocycles. The Labute approximate surface area is 117 Å². The van der Waals surface area contributed by atoms with E-state index in [2.05, 4.69) is 9.82 Å². The van der Waals surface area contributed by atoms with Crippen LogP contribution in [0.2, 0.25) is 0 Å². The zero-order valence-corrected chi connectivity index (χ0v) is 12.0. The lowest BCUT2D eigenvalue weighted by molar-refractivity contribution is 0.416. The van der Waals surface area contributed by atoms with Crippen LogP contribution >= 0.6 is 0 Å². The van der Waals surface area contributed by atoms with E-state index in [0.717, 1.165) is 5.56 Å². The van der Waals surface area contributed by atoms with Gasteiger partial charge in [-0.15, -0.1) is 0 Å². The van der Waals surface area contributed by atoms with Gasteiger partial charge < -0.3 is 10.5 Å². The van der Waals surface area contributed by atoms with E-state index in [1.54, 1.807) is 25.2 Å². The maximum atomic E-state index is 12.3. The van der Waals surface area contributed by atoms with Crippen molar-refractivity contribution in [2.45, 2.75) is 11.6 Å². The quantitative estimate of drug-likeness (QED) is 0.845. The molecule has 8 heteroatoms. The number of aryl methyl sites for hydroxylation is 1. The van der Waals surface area contributed by atoms with E-state index in [-0.39, 0.29) is 5.03 Å². The van der Waals surface area contributed by atoms with Crippen molar-refractivity contribution in [1.29, 1.82) is 0 Å². The number of nitrogens with zero attached hydrogens (tertiary/aromatic N) is 2. The molecule has 0 aliphatic carbocycles. The SMILES string of the molecule is COc1cc(CN)ccc1NS(=O)(=O)c1ccnn1C. The van der Waals surface area contributed by atoms with E-state index < -0.39 is 10.0 Å². The molecule has 0 atom stereocenters. The zero-order valence-electron chi connectivity index (χ0n) is 11.2. The molecule has 0 bridgehead atoms. The molecule has 108 valence electrons. The zero-order chi connectivity index (χ0) is 14.8. The number of hydrogen-bond donors (Lipinski definition) is 2. The maximum Gasteiger partial charge on any atom is 0.279 e. The summed E-state index contributed by atoms with van der Waals surface area (Å²) in [4.78, 5) is 0. The fourth-order valence-corrected chi connectivity index (χ4v) is 2.97. The lowest BCUT2D eigenvalue weighted by Crippen LogP contribution is -2.17. The fourth-order valence-electron chi connectivity index (χ4n) is 1.77. The second-order valence-corrected chi connectivity index (χ2v) is 5.77. The van der Waals surface area contributed by atoms with Gasteiger partial charge in [0.2, 0.25) is 0 Å². The van der Waals surface area contributed by atoms with Gasteiger partial charge in [0.15, 0.2) is 5.03 Å². The van der Waals surface area contributed by atoms with E-state index >= 15 is 0 Å². The number of benzene rings is 1. The number of anilines is 1. The third kappa shape index (κ3) is 2.75. The number of methoxy groups -OCH3 is 1. The molecule has 0 aliphatic rings. The van der Waals surface area contributed by atoms with Crippen LogP contribution in [0.25, 0.3) is 0 Å². The number of nitrogens with one attached hydrogen (secondary N) is 1. The third-order valence-electron chi connectivity index (χ3n) is 2.80. The smallest absolute Gasteiger partial charge is 0.279 e. The van der Waals surface area contributed by atoms with Crippen LogP contribution in [0.1, 0.15) is 5.56 Å². The molecule has 0 spiro atoms. The highest BCUT2D eigenvalue weighted by molar-refractivity contribution is 7.92. The Bertz CT molecular complexity index is 709. The molecule has 3 N–H and O–H groups in total. The molecule has 0 amide bonds. The second-order valence-electron chi connectivity index (χ2n) is 4.14. The Morgan fingerprint density at radius 2 is 2.15 bits per heavy atom. The Kier molecular flexibility index (Phi) is 3.96. The highest BCUT2D eigenvalue weighted by Crippen LogP contribution is 2.27. The van der Waals surface area contributed by atoms with E-state index in [9.17, 15) is 8.42 Å². The number of sulfonamides is 1. The van der Waals surface area contributed by atoms with Gasteiger partial charge in [-0.3, -0.25) is 9.40 Å². The van der Waals surface area contributed by atoms with Gasteiger partial charge in [0, 0.05) is 13.6 Å². The molecule has 0 saturated heterocycles. The Balaban J connectivity index is 2.37. The molecule has 0 fully saturated rings. The first-order valence-electron chi connectivity index (χ1n) is 5.85. The first-order valence-corrected chi connectivity index (χ1v) is 7.34. The Hall–Kier alpha value is -2.06. The van der Waals surface area contributed by atoms with Crippen LogP contribution in [0.15, 0.2) is 35.5 Å². The summed E-state index contributed by atoms with van der Waals surface area (Å²) in [5, 5.41) is 3.92. The number of rotatable bonds is 5. The first-order chi connectivity index (χ1) is 9.47. The molecule has 0 unspecified atom stereocenters. The van der Waals surface area contributed by atoms with Gasteiger partial charge in [-0.1, -0.05) is 6.07 Å². The number of hydrogen-bond acceptors (Lipinski definition) is 5. The minimum Gasteiger partial charge on any atom is -0.495 e. The van der Waals surface area contributed by atoms with Crippen LogP contribution in [-0.2, 0) is 23.6 Å². The normalized spacial score (nSPS) is 11.3. The number of ether oxygens (including phenoxy) is 1. The number of aromatic nitrogens is 2. The van der Waals surface area contributed by atoms with Crippen LogP contribution < -0.4 is 15.2 Å². The van der Waals surface area contributed by atoms with Crippen molar-refractivity contribution in [3.05, 3.63) is 36.0 Å². The average molecular weight is 296 g/mol. The Morgan fingerprint density at radius 1 is 1.40 bits per heavy atom. The van der Waals surface area contributed by atoms with Crippen LogP contribution in [0.5, 0.6) is 5.75 Å². The van der Waals surface area contributed by atoms with Crippen molar-refractivity contribution in [1.82, 2.24) is 9.78 Å². The molecular formula is C12H16N4O3S. The van der Waals surface area contributed by atoms with E-state index in [1.807, 2.05) is 0 Å². The van der Waals surface area contributed by atoms with Crippen molar-refractivity contribution < 1.29 is 13.2 Å². The maximum absolute atomic E-state index is 12.3. The molecule has 0 saturated carbocycles. The summed E-state index contributed by atoms with van der Waals surface area (Å²) in [6.07, 6.45) is 1.42. The van der Waals surface area contributed by atoms with Crippen LogP contribution in [0.4, 0.5) is 5.69 Å². The highest BCUT2D eigenvalue weighted by atomic mass is 32.2. The van der Waals surface area contributed by atoms with Crippen LogP contribution in [-0.4, -0.2) is 25.3 Å². The molecule has 1 aromatic carbocycles. The highest BCUT2D eigenvalue weighted by Gasteiger charge is 2.19. The van der Waals surface area contributed by atoms with Gasteiger partial charge in [0.25, 0.3) is 10.0 Å². The van der Waals surface area contributed by atoms with Crippen molar-refractivity contribution in [3.8, 4) is 5.75 Å². The molecule has 20 heavy (non-hydrogen) atoms. The molecule has 0 radical (unpaired) electrons. The molecule has 1 aromatic heterocycles. The van der Waals surface area contributed by atoms with E-state index in [0.29, 0.717) is 18.0 Å². The summed E-state index contributed by atoms with van der Waals surface area (Å²) in [5.41, 5.74) is 6.75. The monoisotopic (exact) mass is 296 g/mol. The van der Waals surface area contributed by atoms with Crippen molar-refractivity contribution in [2.24, 2.45) is 12.8 Å². The first kappa shape index (κ1) is 14.4. The van der Waals surface area contributed by atoms with Gasteiger partial charge in [-0.05, 0) is 23.8 Å². The lowest BCUT2D eigenvalue weighted by Gasteiger charge is -2.12. The second kappa shape index (κ2) is 5.51. The predicted octanol–water partition coefficient (Wildman–Crippen LogP) is 0.688. The summed E-state index contributed by atoms with van der Waals surface area (Å²) < 4.78 is 33.4. The molecular weight excluding hydrogens is 280 g/mol. The summed E-state index contributed by atoms with van der Waals surface area (Å²) in [5.74, 6) is 0.415. The summed E-state index contributed by atoms with van der Waals surface area (Å²) in [6, 6.07) is 6.47. The van der Waals surface area contributed by atoms with Gasteiger partial charge in [0.1, 0.15) is 5.75 Å². The van der Waals surface area contributed by atoms with Gasteiger partial charge in [0.05, 0.1) is 19.0 Å². The minimum absolute atomic E-state index is 0.0717. The van der Waals surface area contributed by atoms with E-state index in [4.69, 9.17) is 10.5 Å². The summed E-state index contributed by atoms with van der Waals surface area (Å²) in [7, 11) is -0.685. The minimum atomic E-state index is -3.71. The van der Waals surface area contributed by atoms with Gasteiger partial charge >= 0.3 is 0 Å². The third-order valence-corrected chi connectivity index (χ3v) is 4.24. The summed E-state index contributed by atoms with van der Waals surface area (Å²) >= 11 is 0. The average Bonchev–Trinajstić information content (AvgIpc) is 2.86. The lowest BCUT2D eigenvalue weighted by atomic mass is 10.2. The number of nitrogens with two attached hydrogens (primary N) is 1. The predicted molar refractivity (Wildman–Crippen MR) is 74.9 cm³/mol. The standard InChI is InChI=1S/C12H16N4O3S/c1-16-12(5-6-14-16)20(17,18)15-10-4-3-9(8-13)7-11(10)19-2/h3-7,15H,8,13H2,1-2H3. The summed E-state index contributed by atoms with van der Waals surface area (Å²) in [6.45, 7) is 0.352. The fraction of sp³-hybridized carbons (Fsp3) is 0.250. The van der Waals surface area contributed by atoms with Crippen molar-refractivity contribution in [2.75, 3.05) is 11.8 Å². The van der Waals surface area contributed by atoms with Crippen LogP contribution in [0.3, 0.4) is 0 Å². The molecule has 0 aliphatic heterocycles. The van der Waals surface area contributed by atoms with Gasteiger partial charge in [-0.2, -0.15) is 13.5 Å². The Morgan fingerprint density at radius 3 is 2.70 bits per heavy atom. The molecule has 2 aromatic rings. The largest absolute Gasteiger partial charge is 0.495 e. The van der Waals surface area contributed by atoms with E-state index in [1.165, 1.54) is 24.1 Å². The molecule has 2 rings (SSSR count). The van der Waals surface area contributed by atoms with Crippen LogP contribution in [0, 0.1) is 0 Å². The van der Waals surface area contributed by atoms with Crippen molar-refractivity contribution in [3.63, 3.8) is 0 Å². The molecule has 7 nitrogen and oxygen atoms in total. The topological polar surface area (TPSA) is 99.2 Å². The van der Waals surface area contributed by atoms with Gasteiger partial charge in [-0.25, -0.2) is 0 Å².